The van der Waals surface area contributed by atoms with Crippen LogP contribution in [0.15, 0.2) is 54.4 Å². The van der Waals surface area contributed by atoms with E-state index in [0.717, 1.165) is 11.1 Å². The summed E-state index contributed by atoms with van der Waals surface area (Å²) in [5.41, 5.74) is 3.13. The van der Waals surface area contributed by atoms with Crippen molar-refractivity contribution in [3.8, 4) is 5.75 Å². The highest BCUT2D eigenvalue weighted by molar-refractivity contribution is 6.00. The summed E-state index contributed by atoms with van der Waals surface area (Å²) >= 11 is 0. The Balaban J connectivity index is 1.33. The SMILES string of the molecule is O=C(Oc1cccnc1)N1CCN(C(=O)C2=Cc3ccccc3C2)CC1. The normalized spacial score (nSPS) is 16.1. The fourth-order valence-electron chi connectivity index (χ4n) is 3.29. The van der Waals surface area contributed by atoms with Gasteiger partial charge >= 0.3 is 6.09 Å². The fraction of sp³-hybridized carbons (Fsp3) is 0.250. The lowest BCUT2D eigenvalue weighted by Gasteiger charge is -2.34. The second-order valence-electron chi connectivity index (χ2n) is 6.38. The van der Waals surface area contributed by atoms with Gasteiger partial charge in [0.15, 0.2) is 5.75 Å². The zero-order valence-corrected chi connectivity index (χ0v) is 14.3. The van der Waals surface area contributed by atoms with Crippen LogP contribution >= 0.6 is 0 Å². The number of ether oxygens (including phenoxy) is 1. The molecule has 6 heteroatoms. The van der Waals surface area contributed by atoms with E-state index < -0.39 is 6.09 Å². The van der Waals surface area contributed by atoms with Gasteiger partial charge in [-0.15, -0.1) is 0 Å². The van der Waals surface area contributed by atoms with Crippen LogP contribution in [0.3, 0.4) is 0 Å². The predicted octanol–water partition coefficient (Wildman–Crippen LogP) is 2.36. The second-order valence-corrected chi connectivity index (χ2v) is 6.38. The lowest BCUT2D eigenvalue weighted by atomic mass is 10.1. The van der Waals surface area contributed by atoms with Crippen LogP contribution in [-0.4, -0.2) is 53.0 Å². The van der Waals surface area contributed by atoms with Crippen molar-refractivity contribution in [3.05, 3.63) is 65.5 Å². The molecule has 132 valence electrons. The summed E-state index contributed by atoms with van der Waals surface area (Å²) in [6.45, 7) is 1.94. The van der Waals surface area contributed by atoms with E-state index in [1.165, 1.54) is 11.8 Å². The van der Waals surface area contributed by atoms with Gasteiger partial charge in [-0.25, -0.2) is 4.79 Å². The van der Waals surface area contributed by atoms with E-state index in [-0.39, 0.29) is 5.91 Å². The topological polar surface area (TPSA) is 62.7 Å². The zero-order valence-electron chi connectivity index (χ0n) is 14.3. The van der Waals surface area contributed by atoms with E-state index in [9.17, 15) is 9.59 Å². The van der Waals surface area contributed by atoms with E-state index in [4.69, 9.17) is 4.74 Å². The first kappa shape index (κ1) is 16.3. The maximum Gasteiger partial charge on any atom is 0.415 e. The molecule has 26 heavy (non-hydrogen) atoms. The number of hydrogen-bond acceptors (Lipinski definition) is 4. The van der Waals surface area contributed by atoms with Gasteiger partial charge in [0.2, 0.25) is 5.91 Å². The Morgan fingerprint density at radius 1 is 0.962 bits per heavy atom. The quantitative estimate of drug-likeness (QED) is 0.835. The maximum atomic E-state index is 12.8. The molecule has 4 rings (SSSR count). The molecule has 0 bridgehead atoms. The minimum absolute atomic E-state index is 0.0569. The summed E-state index contributed by atoms with van der Waals surface area (Å²) in [7, 11) is 0. The van der Waals surface area contributed by atoms with Crippen LogP contribution < -0.4 is 4.74 Å². The maximum absolute atomic E-state index is 12.8. The second kappa shape index (κ2) is 7.00. The molecule has 0 spiro atoms. The minimum Gasteiger partial charge on any atom is -0.409 e. The number of nitrogens with zero attached hydrogens (tertiary/aromatic N) is 3. The number of carbonyl (C=O) groups excluding carboxylic acids is 2. The van der Waals surface area contributed by atoms with Crippen molar-refractivity contribution < 1.29 is 14.3 Å². The van der Waals surface area contributed by atoms with Gasteiger partial charge in [0.05, 0.1) is 6.20 Å². The Morgan fingerprint density at radius 3 is 2.46 bits per heavy atom. The first-order valence-corrected chi connectivity index (χ1v) is 8.65. The fourth-order valence-corrected chi connectivity index (χ4v) is 3.29. The average molecular weight is 349 g/mol. The standard InChI is InChI=1S/C20H19N3O3/c24-19(17-12-15-4-1-2-5-16(15)13-17)22-8-10-23(11-9-22)20(25)26-18-6-3-7-21-14-18/h1-7,12,14H,8-11,13H2. The highest BCUT2D eigenvalue weighted by Gasteiger charge is 2.28. The summed E-state index contributed by atoms with van der Waals surface area (Å²) in [5.74, 6) is 0.478. The lowest BCUT2D eigenvalue weighted by molar-refractivity contribution is -0.128. The van der Waals surface area contributed by atoms with Crippen molar-refractivity contribution in [2.24, 2.45) is 0 Å². The Hall–Kier alpha value is -3.15. The van der Waals surface area contributed by atoms with Crippen molar-refractivity contribution in [2.45, 2.75) is 6.42 Å². The van der Waals surface area contributed by atoms with Crippen LogP contribution in [0.5, 0.6) is 5.75 Å². The molecule has 2 heterocycles. The van der Waals surface area contributed by atoms with Gasteiger partial charge in [0, 0.05) is 44.4 Å². The third-order valence-electron chi connectivity index (χ3n) is 4.71. The summed E-state index contributed by atoms with van der Waals surface area (Å²) in [5, 5.41) is 0. The predicted molar refractivity (Wildman–Crippen MR) is 96.5 cm³/mol. The van der Waals surface area contributed by atoms with Crippen LogP contribution in [0.1, 0.15) is 11.1 Å². The summed E-state index contributed by atoms with van der Waals surface area (Å²) in [4.78, 5) is 32.3. The summed E-state index contributed by atoms with van der Waals surface area (Å²) in [6.07, 6.45) is 5.37. The molecule has 1 aliphatic heterocycles. The molecule has 1 fully saturated rings. The zero-order chi connectivity index (χ0) is 17.9. The first-order valence-electron chi connectivity index (χ1n) is 8.65. The molecule has 0 saturated carbocycles. The average Bonchev–Trinajstić information content (AvgIpc) is 3.12. The van der Waals surface area contributed by atoms with Gasteiger partial charge in [-0.05, 0) is 29.3 Å². The molecule has 1 saturated heterocycles. The van der Waals surface area contributed by atoms with Gasteiger partial charge < -0.3 is 14.5 Å². The van der Waals surface area contributed by atoms with Gasteiger partial charge in [0.25, 0.3) is 0 Å². The highest BCUT2D eigenvalue weighted by Crippen LogP contribution is 2.26. The Morgan fingerprint density at radius 2 is 1.73 bits per heavy atom. The minimum atomic E-state index is -0.405. The van der Waals surface area contributed by atoms with E-state index in [1.807, 2.05) is 29.2 Å². The molecule has 6 nitrogen and oxygen atoms in total. The number of hydrogen-bond donors (Lipinski definition) is 0. The number of piperazine rings is 1. The molecule has 2 aromatic rings. The van der Waals surface area contributed by atoms with Crippen molar-refractivity contribution in [3.63, 3.8) is 0 Å². The number of rotatable bonds is 2. The highest BCUT2D eigenvalue weighted by atomic mass is 16.6. The molecule has 2 amide bonds. The van der Waals surface area contributed by atoms with Gasteiger partial charge in [0.1, 0.15) is 0 Å². The van der Waals surface area contributed by atoms with Crippen LogP contribution in [0.2, 0.25) is 0 Å². The van der Waals surface area contributed by atoms with Gasteiger partial charge in [-0.1, -0.05) is 24.3 Å². The summed E-state index contributed by atoms with van der Waals surface area (Å²) < 4.78 is 5.30. The smallest absolute Gasteiger partial charge is 0.409 e. The lowest BCUT2D eigenvalue weighted by Crippen LogP contribution is -2.51. The molecule has 0 atom stereocenters. The largest absolute Gasteiger partial charge is 0.415 e. The monoisotopic (exact) mass is 349 g/mol. The van der Waals surface area contributed by atoms with Crippen molar-refractivity contribution in [1.82, 2.24) is 14.8 Å². The molecule has 0 N–H and O–H groups in total. The number of benzene rings is 1. The molecular weight excluding hydrogens is 330 g/mol. The molecule has 1 aromatic heterocycles. The Labute approximate surface area is 151 Å². The van der Waals surface area contributed by atoms with Gasteiger partial charge in [-0.3, -0.25) is 9.78 Å². The van der Waals surface area contributed by atoms with Crippen LogP contribution in [0.25, 0.3) is 6.08 Å². The van der Waals surface area contributed by atoms with Crippen molar-refractivity contribution in [2.75, 3.05) is 26.2 Å². The van der Waals surface area contributed by atoms with E-state index in [0.29, 0.717) is 38.3 Å². The first-order chi connectivity index (χ1) is 12.7. The number of fused-ring (bicyclic) bond motifs is 1. The molecule has 1 aromatic carbocycles. The number of carbonyl (C=O) groups is 2. The Kier molecular flexibility index (Phi) is 4.39. The van der Waals surface area contributed by atoms with Gasteiger partial charge in [-0.2, -0.15) is 0 Å². The number of amides is 2. The van der Waals surface area contributed by atoms with Crippen LogP contribution in [0.4, 0.5) is 4.79 Å². The molecule has 2 aliphatic rings. The molecular formula is C20H19N3O3. The molecule has 0 unspecified atom stereocenters. The van der Waals surface area contributed by atoms with E-state index in [1.54, 1.807) is 23.2 Å². The van der Waals surface area contributed by atoms with E-state index >= 15 is 0 Å². The van der Waals surface area contributed by atoms with Crippen molar-refractivity contribution in [1.29, 1.82) is 0 Å². The number of pyridine rings is 1. The third kappa shape index (κ3) is 3.31. The Bertz CT molecular complexity index is 856. The van der Waals surface area contributed by atoms with Crippen LogP contribution in [0, 0.1) is 0 Å². The summed E-state index contributed by atoms with van der Waals surface area (Å²) in [6, 6.07) is 11.5. The third-order valence-corrected chi connectivity index (χ3v) is 4.71. The van der Waals surface area contributed by atoms with E-state index in [2.05, 4.69) is 11.1 Å². The van der Waals surface area contributed by atoms with Crippen molar-refractivity contribution >= 4 is 18.1 Å². The molecule has 1 aliphatic carbocycles. The number of aromatic nitrogens is 1. The van der Waals surface area contributed by atoms with Crippen LogP contribution in [-0.2, 0) is 11.2 Å². The molecule has 0 radical (unpaired) electrons.